The molecule has 0 saturated heterocycles. The maximum atomic E-state index is 12.3. The van der Waals surface area contributed by atoms with Gasteiger partial charge in [0.1, 0.15) is 5.78 Å². The fraction of sp³-hybridized carbons (Fsp3) is 0.867. The summed E-state index contributed by atoms with van der Waals surface area (Å²) in [6.45, 7) is 10.1. The van der Waals surface area contributed by atoms with E-state index in [2.05, 4.69) is 23.7 Å². The number of likely N-dealkylation sites (N-methyl/N-ethyl adjacent to an activating group) is 1. The van der Waals surface area contributed by atoms with Gasteiger partial charge in [0.25, 0.3) is 0 Å². The predicted octanol–water partition coefficient (Wildman–Crippen LogP) is 2.28. The Labute approximate surface area is 118 Å². The minimum Gasteiger partial charge on any atom is -0.384 e. The molecule has 4 heteroatoms. The van der Waals surface area contributed by atoms with Crippen molar-refractivity contribution in [3.05, 3.63) is 0 Å². The summed E-state index contributed by atoms with van der Waals surface area (Å²) < 4.78 is 5.12. The first-order chi connectivity index (χ1) is 8.70. The molecule has 19 heavy (non-hydrogen) atoms. The van der Waals surface area contributed by atoms with Crippen LogP contribution in [0.15, 0.2) is 4.99 Å². The summed E-state index contributed by atoms with van der Waals surface area (Å²) >= 11 is 0. The van der Waals surface area contributed by atoms with Crippen LogP contribution in [-0.4, -0.2) is 57.3 Å². The smallest absolute Gasteiger partial charge is 0.146 e. The molecule has 0 aromatic carbocycles. The average molecular weight is 270 g/mol. The topological polar surface area (TPSA) is 41.9 Å². The fourth-order valence-electron chi connectivity index (χ4n) is 1.68. The van der Waals surface area contributed by atoms with Crippen LogP contribution >= 0.6 is 0 Å². The molecule has 0 aromatic rings. The van der Waals surface area contributed by atoms with Gasteiger partial charge in [0.15, 0.2) is 0 Å². The molecule has 0 aliphatic rings. The summed E-state index contributed by atoms with van der Waals surface area (Å²) in [6, 6.07) is 0. The van der Waals surface area contributed by atoms with Crippen molar-refractivity contribution in [3.63, 3.8) is 0 Å². The molecule has 0 atom stereocenters. The van der Waals surface area contributed by atoms with Crippen LogP contribution in [0.1, 0.15) is 34.1 Å². The average Bonchev–Trinajstić information content (AvgIpc) is 2.26. The number of nitrogens with zero attached hydrogens (tertiary/aromatic N) is 2. The Kier molecular flexibility index (Phi) is 8.11. The first-order valence-corrected chi connectivity index (χ1v) is 6.91. The molecule has 0 amide bonds. The minimum atomic E-state index is -0.439. The Morgan fingerprint density at radius 3 is 2.32 bits per heavy atom. The van der Waals surface area contributed by atoms with E-state index in [0.717, 1.165) is 18.8 Å². The van der Waals surface area contributed by atoms with Crippen LogP contribution in [0.4, 0.5) is 0 Å². The Hall–Kier alpha value is -0.740. The highest BCUT2D eigenvalue weighted by Crippen LogP contribution is 2.20. The molecule has 0 bridgehead atoms. The number of Topliss-reactive ketones (excluding diaryl/α,β-unsaturated/α-hetero) is 1. The Balaban J connectivity index is 4.63. The van der Waals surface area contributed by atoms with Gasteiger partial charge in [-0.1, -0.05) is 27.7 Å². The van der Waals surface area contributed by atoms with E-state index >= 15 is 0 Å². The number of ketones is 1. The standard InChI is InChI=1S/C15H30N2O2/c1-12(2)13(16-8-9-17(5)6)10-14(18)15(3,4)11-19-7/h12H,8-11H2,1-7H3/b16-13-. The molecular formula is C15H30N2O2. The molecule has 0 unspecified atom stereocenters. The Bertz CT molecular complexity index is 307. The zero-order valence-electron chi connectivity index (χ0n) is 13.6. The van der Waals surface area contributed by atoms with Crippen molar-refractivity contribution in [1.82, 2.24) is 4.90 Å². The highest BCUT2D eigenvalue weighted by Gasteiger charge is 2.28. The summed E-state index contributed by atoms with van der Waals surface area (Å²) in [6.07, 6.45) is 0.432. The summed E-state index contributed by atoms with van der Waals surface area (Å²) in [5.74, 6) is 0.510. The first-order valence-electron chi connectivity index (χ1n) is 6.91. The lowest BCUT2D eigenvalue weighted by Crippen LogP contribution is -2.32. The van der Waals surface area contributed by atoms with Crippen LogP contribution in [0.5, 0.6) is 0 Å². The number of hydrogen-bond donors (Lipinski definition) is 0. The van der Waals surface area contributed by atoms with E-state index in [0.29, 0.717) is 18.9 Å². The van der Waals surface area contributed by atoms with Gasteiger partial charge in [0.05, 0.1) is 13.2 Å². The van der Waals surface area contributed by atoms with Crippen molar-refractivity contribution in [2.24, 2.45) is 16.3 Å². The molecule has 4 nitrogen and oxygen atoms in total. The molecule has 0 fully saturated rings. The van der Waals surface area contributed by atoms with E-state index in [1.807, 2.05) is 27.9 Å². The predicted molar refractivity (Wildman–Crippen MR) is 81.0 cm³/mol. The molecule has 0 N–H and O–H groups in total. The van der Waals surface area contributed by atoms with Gasteiger partial charge in [-0.15, -0.1) is 0 Å². The van der Waals surface area contributed by atoms with Gasteiger partial charge in [-0.25, -0.2) is 0 Å². The molecule has 0 aromatic heterocycles. The summed E-state index contributed by atoms with van der Waals surface area (Å²) in [7, 11) is 5.68. The van der Waals surface area contributed by atoms with Gasteiger partial charge in [0, 0.05) is 31.2 Å². The molecule has 0 radical (unpaired) electrons. The van der Waals surface area contributed by atoms with Gasteiger partial charge in [-0.05, 0) is 20.0 Å². The number of rotatable bonds is 9. The Morgan fingerprint density at radius 1 is 1.32 bits per heavy atom. The summed E-state index contributed by atoms with van der Waals surface area (Å²) in [5, 5.41) is 0. The van der Waals surface area contributed by atoms with E-state index < -0.39 is 5.41 Å². The minimum absolute atomic E-state index is 0.201. The van der Waals surface area contributed by atoms with Crippen LogP contribution in [0.25, 0.3) is 0 Å². The molecule has 0 saturated carbocycles. The van der Waals surface area contributed by atoms with E-state index in [4.69, 9.17) is 4.74 Å². The number of hydrogen-bond acceptors (Lipinski definition) is 4. The van der Waals surface area contributed by atoms with Gasteiger partial charge >= 0.3 is 0 Å². The number of aliphatic imine (C=N–C) groups is 1. The number of ether oxygens (including phenoxy) is 1. The van der Waals surface area contributed by atoms with Crippen LogP contribution in [0.2, 0.25) is 0 Å². The van der Waals surface area contributed by atoms with Gasteiger partial charge in [-0.2, -0.15) is 0 Å². The van der Waals surface area contributed by atoms with E-state index in [9.17, 15) is 4.79 Å². The normalized spacial score (nSPS) is 13.4. The molecule has 0 aliphatic heterocycles. The molecule has 0 aliphatic carbocycles. The largest absolute Gasteiger partial charge is 0.384 e. The van der Waals surface area contributed by atoms with Gasteiger partial charge < -0.3 is 9.64 Å². The second-order valence-corrected chi connectivity index (χ2v) is 6.25. The third-order valence-electron chi connectivity index (χ3n) is 3.13. The third kappa shape index (κ3) is 7.43. The van der Waals surface area contributed by atoms with Gasteiger partial charge in [-0.3, -0.25) is 9.79 Å². The lowest BCUT2D eigenvalue weighted by Gasteiger charge is -2.23. The SMILES string of the molecule is COCC(C)(C)C(=O)C/C(=N/CCN(C)C)C(C)C. The monoisotopic (exact) mass is 270 g/mol. The Morgan fingerprint density at radius 2 is 1.89 bits per heavy atom. The lowest BCUT2D eigenvalue weighted by molar-refractivity contribution is -0.128. The number of methoxy groups -OCH3 is 1. The highest BCUT2D eigenvalue weighted by molar-refractivity contribution is 6.04. The van der Waals surface area contributed by atoms with Crippen LogP contribution in [-0.2, 0) is 9.53 Å². The van der Waals surface area contributed by atoms with Crippen molar-refractivity contribution in [1.29, 1.82) is 0 Å². The van der Waals surface area contributed by atoms with Crippen molar-refractivity contribution in [2.75, 3.05) is 40.9 Å². The summed E-state index contributed by atoms with van der Waals surface area (Å²) in [4.78, 5) is 19.0. The van der Waals surface area contributed by atoms with Crippen molar-refractivity contribution < 1.29 is 9.53 Å². The number of carbonyl (C=O) groups excluding carboxylic acids is 1. The molecule has 0 spiro atoms. The third-order valence-corrected chi connectivity index (χ3v) is 3.13. The van der Waals surface area contributed by atoms with E-state index in [-0.39, 0.29) is 5.78 Å². The van der Waals surface area contributed by atoms with Crippen molar-refractivity contribution in [3.8, 4) is 0 Å². The van der Waals surface area contributed by atoms with Crippen molar-refractivity contribution >= 4 is 11.5 Å². The second kappa shape index (κ2) is 8.43. The van der Waals surface area contributed by atoms with Crippen molar-refractivity contribution in [2.45, 2.75) is 34.1 Å². The molecular weight excluding hydrogens is 240 g/mol. The maximum Gasteiger partial charge on any atom is 0.146 e. The van der Waals surface area contributed by atoms with E-state index in [1.165, 1.54) is 0 Å². The van der Waals surface area contributed by atoms with Crippen LogP contribution in [0, 0.1) is 11.3 Å². The maximum absolute atomic E-state index is 12.3. The fourth-order valence-corrected chi connectivity index (χ4v) is 1.68. The van der Waals surface area contributed by atoms with Gasteiger partial charge in [0.2, 0.25) is 0 Å². The first kappa shape index (κ1) is 18.3. The quantitative estimate of drug-likeness (QED) is 0.604. The summed E-state index contributed by atoms with van der Waals surface area (Å²) in [5.41, 5.74) is 0.558. The molecule has 0 heterocycles. The second-order valence-electron chi connectivity index (χ2n) is 6.25. The van der Waals surface area contributed by atoms with E-state index in [1.54, 1.807) is 7.11 Å². The molecule has 112 valence electrons. The highest BCUT2D eigenvalue weighted by atomic mass is 16.5. The zero-order valence-corrected chi connectivity index (χ0v) is 13.6. The van der Waals surface area contributed by atoms with Crippen LogP contribution < -0.4 is 0 Å². The molecule has 0 rings (SSSR count). The number of carbonyl (C=O) groups is 1. The lowest BCUT2D eigenvalue weighted by atomic mass is 9.84. The van der Waals surface area contributed by atoms with Crippen LogP contribution in [0.3, 0.4) is 0 Å². The zero-order chi connectivity index (χ0) is 15.1.